The number of carbonyl (C=O) groups is 2. The van der Waals surface area contributed by atoms with E-state index in [0.29, 0.717) is 26.2 Å². The highest BCUT2D eigenvalue weighted by Gasteiger charge is 2.14. The summed E-state index contributed by atoms with van der Waals surface area (Å²) in [6.07, 6.45) is 1.21. The molecule has 138 valence electrons. The Balaban J connectivity index is 1.42. The van der Waals surface area contributed by atoms with Crippen LogP contribution < -0.4 is 10.6 Å². The minimum absolute atomic E-state index is 0.0116. The van der Waals surface area contributed by atoms with Crippen LogP contribution in [0.2, 0.25) is 0 Å². The first-order chi connectivity index (χ1) is 12.7. The van der Waals surface area contributed by atoms with Gasteiger partial charge in [-0.05, 0) is 42.1 Å². The molecule has 0 aliphatic carbocycles. The van der Waals surface area contributed by atoms with Crippen LogP contribution >= 0.6 is 11.3 Å². The van der Waals surface area contributed by atoms with Gasteiger partial charge in [0.2, 0.25) is 11.8 Å². The zero-order valence-electron chi connectivity index (χ0n) is 14.6. The molecule has 3 rings (SSSR count). The minimum atomic E-state index is -0.0420. The molecule has 26 heavy (non-hydrogen) atoms. The number of amides is 2. The maximum Gasteiger partial charge on any atom is 0.238 e. The van der Waals surface area contributed by atoms with Gasteiger partial charge in [-0.3, -0.25) is 14.5 Å². The van der Waals surface area contributed by atoms with Crippen molar-refractivity contribution in [3.63, 3.8) is 0 Å². The van der Waals surface area contributed by atoms with Crippen molar-refractivity contribution < 1.29 is 14.3 Å². The first-order valence-electron chi connectivity index (χ1n) is 8.71. The number of hydrogen-bond acceptors (Lipinski definition) is 5. The van der Waals surface area contributed by atoms with Crippen LogP contribution in [0.25, 0.3) is 0 Å². The third-order valence-corrected chi connectivity index (χ3v) is 5.04. The van der Waals surface area contributed by atoms with Gasteiger partial charge in [-0.25, -0.2) is 0 Å². The Bertz CT molecular complexity index is 710. The fraction of sp³-hybridized carbons (Fsp3) is 0.368. The highest BCUT2D eigenvalue weighted by Crippen LogP contribution is 2.15. The van der Waals surface area contributed by atoms with Crippen LogP contribution in [-0.4, -0.2) is 49.6 Å². The maximum atomic E-state index is 12.1. The number of carbonyl (C=O) groups excluding carboxylic acids is 2. The monoisotopic (exact) mass is 373 g/mol. The molecular weight excluding hydrogens is 350 g/mol. The Hall–Kier alpha value is -2.22. The number of rotatable bonds is 7. The lowest BCUT2D eigenvalue weighted by molar-refractivity contribution is -0.118. The van der Waals surface area contributed by atoms with Gasteiger partial charge < -0.3 is 15.4 Å². The van der Waals surface area contributed by atoms with Crippen LogP contribution in [0.4, 0.5) is 11.4 Å². The second-order valence-electron chi connectivity index (χ2n) is 6.14. The van der Waals surface area contributed by atoms with E-state index in [1.54, 1.807) is 35.6 Å². The predicted octanol–water partition coefficient (Wildman–Crippen LogP) is 2.59. The zero-order chi connectivity index (χ0) is 18.2. The van der Waals surface area contributed by atoms with Gasteiger partial charge in [0.15, 0.2) is 0 Å². The highest BCUT2D eigenvalue weighted by molar-refractivity contribution is 7.09. The van der Waals surface area contributed by atoms with E-state index in [0.717, 1.165) is 30.9 Å². The zero-order valence-corrected chi connectivity index (χ0v) is 15.4. The molecule has 1 saturated heterocycles. The predicted molar refractivity (Wildman–Crippen MR) is 104 cm³/mol. The summed E-state index contributed by atoms with van der Waals surface area (Å²) in [6, 6.07) is 11.2. The van der Waals surface area contributed by atoms with E-state index in [9.17, 15) is 9.59 Å². The second-order valence-corrected chi connectivity index (χ2v) is 7.17. The number of benzene rings is 1. The summed E-state index contributed by atoms with van der Waals surface area (Å²) >= 11 is 1.66. The van der Waals surface area contributed by atoms with E-state index >= 15 is 0 Å². The summed E-state index contributed by atoms with van der Waals surface area (Å²) in [7, 11) is 0. The topological polar surface area (TPSA) is 70.7 Å². The van der Waals surface area contributed by atoms with Gasteiger partial charge in [-0.15, -0.1) is 11.3 Å². The molecule has 2 amide bonds. The summed E-state index contributed by atoms with van der Waals surface area (Å²) in [4.78, 5) is 27.4. The fourth-order valence-corrected chi connectivity index (χ4v) is 3.42. The summed E-state index contributed by atoms with van der Waals surface area (Å²) in [5, 5.41) is 7.78. The van der Waals surface area contributed by atoms with Crippen LogP contribution in [0.5, 0.6) is 0 Å². The molecule has 2 heterocycles. The number of aryl methyl sites for hydroxylation is 1. The van der Waals surface area contributed by atoms with Crippen molar-refractivity contribution >= 4 is 34.5 Å². The van der Waals surface area contributed by atoms with Gasteiger partial charge in [0, 0.05) is 35.8 Å². The molecule has 2 aromatic rings. The summed E-state index contributed by atoms with van der Waals surface area (Å²) in [5.74, 6) is -0.0536. The van der Waals surface area contributed by atoms with Gasteiger partial charge in [0.05, 0.1) is 19.8 Å². The van der Waals surface area contributed by atoms with Crippen molar-refractivity contribution in [1.29, 1.82) is 0 Å². The Morgan fingerprint density at radius 3 is 2.27 bits per heavy atom. The highest BCUT2D eigenvalue weighted by atomic mass is 32.1. The number of thiophene rings is 1. The second kappa shape index (κ2) is 9.47. The lowest BCUT2D eigenvalue weighted by Crippen LogP contribution is -2.41. The van der Waals surface area contributed by atoms with Gasteiger partial charge in [0.25, 0.3) is 0 Å². The van der Waals surface area contributed by atoms with Gasteiger partial charge in [-0.1, -0.05) is 6.07 Å². The lowest BCUT2D eigenvalue weighted by Gasteiger charge is -2.25. The van der Waals surface area contributed by atoms with Gasteiger partial charge >= 0.3 is 0 Å². The van der Waals surface area contributed by atoms with E-state index in [1.807, 2.05) is 17.5 Å². The average Bonchev–Trinajstić information content (AvgIpc) is 3.16. The number of anilines is 2. The molecule has 7 heteroatoms. The van der Waals surface area contributed by atoms with E-state index in [4.69, 9.17) is 4.74 Å². The number of morpholine rings is 1. The molecule has 1 aromatic heterocycles. The van der Waals surface area contributed by atoms with Crippen LogP contribution in [0.1, 0.15) is 11.3 Å². The Morgan fingerprint density at radius 1 is 1.00 bits per heavy atom. The summed E-state index contributed by atoms with van der Waals surface area (Å²) < 4.78 is 5.28. The molecule has 1 aliphatic rings. The van der Waals surface area contributed by atoms with Crippen molar-refractivity contribution in [2.75, 3.05) is 43.5 Å². The molecule has 0 bridgehead atoms. The van der Waals surface area contributed by atoms with Crippen molar-refractivity contribution in [1.82, 2.24) is 4.90 Å². The molecular formula is C19H23N3O3S. The SMILES string of the molecule is O=C(CCc1cccs1)Nc1ccc(NC(=O)CN2CCOCC2)cc1. The Morgan fingerprint density at radius 2 is 1.65 bits per heavy atom. The molecule has 0 saturated carbocycles. The largest absolute Gasteiger partial charge is 0.379 e. The maximum absolute atomic E-state index is 12.1. The molecule has 0 unspecified atom stereocenters. The molecule has 0 spiro atoms. The third-order valence-electron chi connectivity index (χ3n) is 4.10. The Kier molecular flexibility index (Phi) is 6.76. The van der Waals surface area contributed by atoms with Crippen molar-refractivity contribution in [3.8, 4) is 0 Å². The van der Waals surface area contributed by atoms with Crippen LogP contribution in [0.3, 0.4) is 0 Å². The van der Waals surface area contributed by atoms with Gasteiger partial charge in [0.1, 0.15) is 0 Å². The first-order valence-corrected chi connectivity index (χ1v) is 9.59. The van der Waals surface area contributed by atoms with Crippen molar-refractivity contribution in [2.45, 2.75) is 12.8 Å². The van der Waals surface area contributed by atoms with E-state index < -0.39 is 0 Å². The molecule has 0 radical (unpaired) electrons. The number of nitrogens with one attached hydrogen (secondary N) is 2. The van der Waals surface area contributed by atoms with E-state index in [-0.39, 0.29) is 11.8 Å². The smallest absolute Gasteiger partial charge is 0.238 e. The van der Waals surface area contributed by atoms with E-state index in [2.05, 4.69) is 15.5 Å². The summed E-state index contributed by atoms with van der Waals surface area (Å²) in [5.41, 5.74) is 1.45. The van der Waals surface area contributed by atoms with Crippen molar-refractivity contribution in [2.24, 2.45) is 0 Å². The number of ether oxygens (including phenoxy) is 1. The molecule has 0 atom stereocenters. The first kappa shape index (κ1) is 18.6. The summed E-state index contributed by atoms with van der Waals surface area (Å²) in [6.45, 7) is 3.28. The standard InChI is InChI=1S/C19H23N3O3S/c23-18(8-7-17-2-1-13-26-17)20-15-3-5-16(6-4-15)21-19(24)14-22-9-11-25-12-10-22/h1-6,13H,7-12,14H2,(H,20,23)(H,21,24). The average molecular weight is 373 g/mol. The molecule has 1 aliphatic heterocycles. The van der Waals surface area contributed by atoms with Crippen molar-refractivity contribution in [3.05, 3.63) is 46.7 Å². The van der Waals surface area contributed by atoms with Crippen LogP contribution in [0, 0.1) is 0 Å². The van der Waals surface area contributed by atoms with E-state index in [1.165, 1.54) is 4.88 Å². The Labute approximate surface area is 157 Å². The fourth-order valence-electron chi connectivity index (χ4n) is 2.71. The third kappa shape index (κ3) is 5.94. The normalized spacial score (nSPS) is 14.8. The quantitative estimate of drug-likeness (QED) is 0.783. The molecule has 1 aromatic carbocycles. The molecule has 6 nitrogen and oxygen atoms in total. The number of nitrogens with zero attached hydrogens (tertiary/aromatic N) is 1. The molecule has 2 N–H and O–H groups in total. The van der Waals surface area contributed by atoms with Crippen LogP contribution in [0.15, 0.2) is 41.8 Å². The van der Waals surface area contributed by atoms with Crippen LogP contribution in [-0.2, 0) is 20.7 Å². The molecule has 1 fully saturated rings. The minimum Gasteiger partial charge on any atom is -0.379 e. The number of hydrogen-bond donors (Lipinski definition) is 2. The lowest BCUT2D eigenvalue weighted by atomic mass is 10.2. The van der Waals surface area contributed by atoms with Gasteiger partial charge in [-0.2, -0.15) is 0 Å².